The van der Waals surface area contributed by atoms with Gasteiger partial charge in [-0.2, -0.15) is 0 Å². The number of pyridine rings is 1. The number of benzene rings is 1. The predicted octanol–water partition coefficient (Wildman–Crippen LogP) is 5.38. The lowest BCUT2D eigenvalue weighted by atomic mass is 10.0. The normalized spacial score (nSPS) is 17.9. The number of rotatable bonds is 5. The molecule has 4 aromatic rings. The highest BCUT2D eigenvalue weighted by molar-refractivity contribution is 7.19. The van der Waals surface area contributed by atoms with E-state index in [0.717, 1.165) is 24.9 Å². The first-order valence-electron chi connectivity index (χ1n) is 11.6. The molecule has 0 radical (unpaired) electrons. The van der Waals surface area contributed by atoms with Gasteiger partial charge in [-0.25, -0.2) is 19.3 Å². The Labute approximate surface area is 205 Å². The summed E-state index contributed by atoms with van der Waals surface area (Å²) >= 11 is 0. The Hall–Kier alpha value is -3.38. The molecule has 7 nitrogen and oxygen atoms in total. The van der Waals surface area contributed by atoms with Crippen LogP contribution in [0.2, 0.25) is 0 Å². The number of carbonyl (C=O) groups excluding carboxylic acids is 1. The second kappa shape index (κ2) is 9.00. The van der Waals surface area contributed by atoms with Gasteiger partial charge in [0.2, 0.25) is 0 Å². The number of hydrogen-bond acceptors (Lipinski definition) is 5. The summed E-state index contributed by atoms with van der Waals surface area (Å²) in [6, 6.07) is 6.90. The molecule has 180 valence electrons. The van der Waals surface area contributed by atoms with E-state index in [0.29, 0.717) is 39.5 Å². The van der Waals surface area contributed by atoms with Gasteiger partial charge in [0.15, 0.2) is 5.82 Å². The van der Waals surface area contributed by atoms with Gasteiger partial charge in [-0.1, -0.05) is 20.8 Å². The molecule has 1 aromatic carbocycles. The third-order valence-electron chi connectivity index (χ3n) is 6.36. The van der Waals surface area contributed by atoms with Gasteiger partial charge < -0.3 is 15.2 Å². The molecule has 9 heteroatoms. The van der Waals surface area contributed by atoms with Crippen molar-refractivity contribution in [2.75, 3.05) is 23.3 Å². The average molecular weight is 491 g/mol. The number of nitrogens with one attached hydrogen (secondary N) is 2. The number of amides is 1. The number of aromatic nitrogens is 4. The van der Waals surface area contributed by atoms with Crippen LogP contribution in [-0.2, 0) is 0 Å². The summed E-state index contributed by atoms with van der Waals surface area (Å²) < 4.78 is 15.3. The van der Waals surface area contributed by atoms with Crippen LogP contribution in [0.5, 0.6) is 0 Å². The lowest BCUT2D eigenvalue weighted by molar-refractivity contribution is 0.102. The van der Waals surface area contributed by atoms with Crippen LogP contribution in [0.1, 0.15) is 49.3 Å². The van der Waals surface area contributed by atoms with Crippen molar-refractivity contribution in [3.63, 3.8) is 0 Å². The van der Waals surface area contributed by atoms with E-state index >= 15 is 4.39 Å². The van der Waals surface area contributed by atoms with Crippen LogP contribution in [0, 0.1) is 5.82 Å². The molecule has 2 N–H and O–H groups in total. The van der Waals surface area contributed by atoms with Crippen molar-refractivity contribution in [1.29, 1.82) is 0 Å². The van der Waals surface area contributed by atoms with Crippen LogP contribution in [0.15, 0.2) is 49.1 Å². The van der Waals surface area contributed by atoms with Crippen molar-refractivity contribution >= 4 is 37.6 Å². The van der Waals surface area contributed by atoms with Gasteiger partial charge in [0, 0.05) is 71.0 Å². The number of nitrogens with zero attached hydrogens (tertiary/aromatic N) is 4. The minimum Gasteiger partial charge on any atom is -0.361 e. The molecule has 1 aliphatic heterocycles. The average Bonchev–Trinajstić information content (AvgIpc) is 3.43. The molecule has 0 spiro atoms. The Morgan fingerprint density at radius 2 is 1.97 bits per heavy atom. The summed E-state index contributed by atoms with van der Waals surface area (Å²) in [5.41, 5.74) is 2.49. The first-order chi connectivity index (χ1) is 16.7. The van der Waals surface area contributed by atoms with Gasteiger partial charge in [-0.05, 0) is 30.7 Å². The second-order valence-corrected chi connectivity index (χ2v) is 11.1. The smallest absolute Gasteiger partial charge is 0.258 e. The van der Waals surface area contributed by atoms with E-state index in [1.165, 1.54) is 18.5 Å². The maximum atomic E-state index is 15.3. The summed E-state index contributed by atoms with van der Waals surface area (Å²) in [5, 5.41) is 3.93. The maximum Gasteiger partial charge on any atom is 0.258 e. The molecule has 5 rings (SSSR count). The molecule has 1 saturated heterocycles. The minimum atomic E-state index is -0.380. The third-order valence-corrected chi connectivity index (χ3v) is 6.83. The predicted molar refractivity (Wildman–Crippen MR) is 141 cm³/mol. The van der Waals surface area contributed by atoms with E-state index < -0.39 is 0 Å². The van der Waals surface area contributed by atoms with Gasteiger partial charge in [0.25, 0.3) is 5.91 Å². The van der Waals surface area contributed by atoms with Crippen LogP contribution in [-0.4, -0.2) is 44.1 Å². The van der Waals surface area contributed by atoms with Crippen LogP contribution in [0.4, 0.5) is 15.9 Å². The van der Waals surface area contributed by atoms with Crippen molar-refractivity contribution < 1.29 is 9.18 Å². The summed E-state index contributed by atoms with van der Waals surface area (Å²) in [5.74, 6) is 0.700. The molecule has 1 fully saturated rings. The van der Waals surface area contributed by atoms with Crippen molar-refractivity contribution in [1.82, 2.24) is 19.9 Å². The SMILES string of the molecule is CC(C)c1ncc(C(=O)Nc2c(-c3cc4cc[nH]c4cc3F)ccnc2N2CCC(C)(P)C2)cn1. The van der Waals surface area contributed by atoms with Crippen LogP contribution >= 0.6 is 9.24 Å². The van der Waals surface area contributed by atoms with Crippen molar-refractivity contribution in [3.8, 4) is 11.1 Å². The summed E-state index contributed by atoms with van der Waals surface area (Å²) in [6.45, 7) is 7.70. The lowest BCUT2D eigenvalue weighted by Crippen LogP contribution is -2.27. The quantitative estimate of drug-likeness (QED) is 0.367. The molecular formula is C26H28FN6OP. The molecule has 4 heterocycles. The number of anilines is 2. The standard InChI is InChI=1S/C26H28FN6OP/c1-15(2)23-30-12-17(13-31-23)25(34)32-22-18(19-10-16-4-7-28-21(16)11-20(19)27)5-8-29-24(22)33-9-6-26(3,35)14-33/h4-5,7-8,10-13,15,28H,6,9,14,35H2,1-3H3,(H,32,34). The van der Waals surface area contributed by atoms with E-state index in [4.69, 9.17) is 0 Å². The number of halogens is 1. The fraction of sp³-hybridized carbons (Fsp3) is 0.308. The Morgan fingerprint density at radius 1 is 1.20 bits per heavy atom. The summed E-state index contributed by atoms with van der Waals surface area (Å²) in [4.78, 5) is 31.7. The molecule has 0 bridgehead atoms. The maximum absolute atomic E-state index is 15.3. The van der Waals surface area contributed by atoms with E-state index in [1.54, 1.807) is 24.5 Å². The van der Waals surface area contributed by atoms with E-state index in [1.807, 2.05) is 19.9 Å². The highest BCUT2D eigenvalue weighted by atomic mass is 31.0. The van der Waals surface area contributed by atoms with Crippen molar-refractivity contribution in [3.05, 3.63) is 66.3 Å². The summed E-state index contributed by atoms with van der Waals surface area (Å²) in [7, 11) is 2.90. The van der Waals surface area contributed by atoms with Gasteiger partial charge >= 0.3 is 0 Å². The van der Waals surface area contributed by atoms with Gasteiger partial charge in [-0.3, -0.25) is 4.79 Å². The molecule has 2 atom stereocenters. The molecule has 1 amide bonds. The van der Waals surface area contributed by atoms with Crippen LogP contribution < -0.4 is 10.2 Å². The van der Waals surface area contributed by atoms with Crippen molar-refractivity contribution in [2.45, 2.75) is 38.3 Å². The lowest BCUT2D eigenvalue weighted by Gasteiger charge is -2.24. The molecule has 35 heavy (non-hydrogen) atoms. The zero-order valence-corrected chi connectivity index (χ0v) is 21.1. The topological polar surface area (TPSA) is 86.8 Å². The zero-order chi connectivity index (χ0) is 24.7. The first-order valence-corrected chi connectivity index (χ1v) is 12.2. The molecule has 0 saturated carbocycles. The third kappa shape index (κ3) is 4.63. The zero-order valence-electron chi connectivity index (χ0n) is 20.0. The summed E-state index contributed by atoms with van der Waals surface area (Å²) in [6.07, 6.45) is 7.45. The van der Waals surface area contributed by atoms with E-state index in [-0.39, 0.29) is 22.8 Å². The van der Waals surface area contributed by atoms with Gasteiger partial charge in [0.1, 0.15) is 11.6 Å². The number of H-pyrrole nitrogens is 1. The van der Waals surface area contributed by atoms with Gasteiger partial charge in [0.05, 0.1) is 11.3 Å². The van der Waals surface area contributed by atoms with E-state index in [9.17, 15) is 4.79 Å². The van der Waals surface area contributed by atoms with Gasteiger partial charge in [-0.15, -0.1) is 9.24 Å². The first kappa shape index (κ1) is 23.4. The molecule has 2 unspecified atom stereocenters. The van der Waals surface area contributed by atoms with Crippen molar-refractivity contribution in [2.24, 2.45) is 0 Å². The van der Waals surface area contributed by atoms with Crippen LogP contribution in [0.3, 0.4) is 0 Å². The fourth-order valence-corrected chi connectivity index (χ4v) is 4.77. The largest absolute Gasteiger partial charge is 0.361 e. The number of aromatic amines is 1. The fourth-order valence-electron chi connectivity index (χ4n) is 4.42. The highest BCUT2D eigenvalue weighted by Crippen LogP contribution is 2.41. The molecule has 1 aliphatic rings. The molecule has 0 aliphatic carbocycles. The number of fused-ring (bicyclic) bond motifs is 1. The Balaban J connectivity index is 1.60. The minimum absolute atomic E-state index is 0.0365. The number of carbonyl (C=O) groups is 1. The second-order valence-electron chi connectivity index (χ2n) is 9.72. The molecule has 3 aromatic heterocycles. The number of hydrogen-bond donors (Lipinski definition) is 2. The Bertz CT molecular complexity index is 1400. The van der Waals surface area contributed by atoms with Crippen LogP contribution in [0.25, 0.3) is 22.0 Å². The Morgan fingerprint density at radius 3 is 2.66 bits per heavy atom. The molecular weight excluding hydrogens is 462 g/mol. The Kier molecular flexibility index (Phi) is 6.01. The van der Waals surface area contributed by atoms with E-state index in [2.05, 4.69) is 46.3 Å². The monoisotopic (exact) mass is 490 g/mol. The highest BCUT2D eigenvalue weighted by Gasteiger charge is 2.32.